The summed E-state index contributed by atoms with van der Waals surface area (Å²) >= 11 is 0. The van der Waals surface area contributed by atoms with Crippen LogP contribution in [0, 0.1) is 0 Å². The molecule has 0 spiro atoms. The van der Waals surface area contributed by atoms with E-state index in [0.29, 0.717) is 13.0 Å². The molecule has 0 unspecified atom stereocenters. The number of hydrogen-bond acceptors (Lipinski definition) is 5. The predicted molar refractivity (Wildman–Crippen MR) is 135 cm³/mol. The normalized spacial score (nSPS) is 16.4. The molecule has 0 amide bonds. The Balaban J connectivity index is 1.51. The van der Waals surface area contributed by atoms with Crippen molar-refractivity contribution >= 4 is 12.6 Å². The van der Waals surface area contributed by atoms with Crippen LogP contribution in [0.3, 0.4) is 0 Å². The second-order valence-corrected chi connectivity index (χ2v) is 9.59. The van der Waals surface area contributed by atoms with Gasteiger partial charge in [0.1, 0.15) is 23.9 Å². The van der Waals surface area contributed by atoms with Crippen molar-refractivity contribution in [1.29, 1.82) is 0 Å². The fraction of sp³-hybridized carbons (Fsp3) is 0.357. The van der Waals surface area contributed by atoms with Crippen LogP contribution in [-0.4, -0.2) is 32.5 Å². The molecule has 4 rings (SSSR count). The molecule has 0 saturated carbocycles. The van der Waals surface area contributed by atoms with Crippen LogP contribution in [0.1, 0.15) is 44.4 Å². The van der Waals surface area contributed by atoms with Gasteiger partial charge in [0, 0.05) is 12.0 Å². The molecule has 178 valence electrons. The molecule has 3 aromatic carbocycles. The molecule has 0 N–H and O–H groups in total. The average molecular weight is 460 g/mol. The van der Waals surface area contributed by atoms with E-state index in [9.17, 15) is 0 Å². The van der Waals surface area contributed by atoms with E-state index < -0.39 is 18.3 Å². The van der Waals surface area contributed by atoms with Crippen LogP contribution >= 0.6 is 0 Å². The van der Waals surface area contributed by atoms with E-state index in [1.54, 1.807) is 14.2 Å². The Morgan fingerprint density at radius 3 is 1.82 bits per heavy atom. The molecule has 1 heterocycles. The highest BCUT2D eigenvalue weighted by molar-refractivity contribution is 6.62. The number of rotatable bonds is 8. The fourth-order valence-corrected chi connectivity index (χ4v) is 3.94. The van der Waals surface area contributed by atoms with Crippen molar-refractivity contribution < 1.29 is 23.5 Å². The maximum absolute atomic E-state index is 6.23. The first-order chi connectivity index (χ1) is 16.2. The smallest absolute Gasteiger partial charge is 0.495 e. The van der Waals surface area contributed by atoms with Crippen LogP contribution in [0.15, 0.2) is 66.7 Å². The molecule has 6 heteroatoms. The lowest BCUT2D eigenvalue weighted by Gasteiger charge is -2.32. The minimum atomic E-state index is -0.483. The third kappa shape index (κ3) is 5.08. The predicted octanol–water partition coefficient (Wildman–Crippen LogP) is 5.17. The van der Waals surface area contributed by atoms with E-state index in [1.165, 1.54) is 0 Å². The highest BCUT2D eigenvalue weighted by Crippen LogP contribution is 2.38. The Kier molecular flexibility index (Phi) is 6.92. The van der Waals surface area contributed by atoms with Gasteiger partial charge in [-0.25, -0.2) is 0 Å². The quantitative estimate of drug-likeness (QED) is 0.434. The van der Waals surface area contributed by atoms with Crippen LogP contribution in [0.5, 0.6) is 17.2 Å². The fourth-order valence-electron chi connectivity index (χ4n) is 3.94. The van der Waals surface area contributed by atoms with Crippen LogP contribution in [0.2, 0.25) is 0 Å². The Morgan fingerprint density at radius 2 is 1.29 bits per heavy atom. The van der Waals surface area contributed by atoms with Crippen LogP contribution in [0.4, 0.5) is 0 Å². The van der Waals surface area contributed by atoms with E-state index >= 15 is 0 Å². The van der Waals surface area contributed by atoms with Gasteiger partial charge in [0.2, 0.25) is 0 Å². The molecule has 34 heavy (non-hydrogen) atoms. The van der Waals surface area contributed by atoms with Gasteiger partial charge in [0.05, 0.1) is 25.4 Å². The van der Waals surface area contributed by atoms with Gasteiger partial charge in [0.25, 0.3) is 0 Å². The molecule has 1 aliphatic heterocycles. The van der Waals surface area contributed by atoms with Crippen molar-refractivity contribution in [2.45, 2.75) is 51.9 Å². The molecular formula is C28H33BO5. The SMILES string of the molecule is COc1cc(B2OC(C)(C)C(C)(C)O2)cc(OC)c1Cc1ccc(OCc2ccccc2)cc1. The lowest BCUT2D eigenvalue weighted by Crippen LogP contribution is -2.41. The van der Waals surface area contributed by atoms with Crippen molar-refractivity contribution in [3.63, 3.8) is 0 Å². The molecule has 0 radical (unpaired) electrons. The van der Waals surface area contributed by atoms with Gasteiger partial charge >= 0.3 is 7.12 Å². The topological polar surface area (TPSA) is 46.2 Å². The minimum Gasteiger partial charge on any atom is -0.496 e. The van der Waals surface area contributed by atoms with Crippen molar-refractivity contribution in [2.75, 3.05) is 14.2 Å². The Hall–Kier alpha value is -2.96. The molecule has 5 nitrogen and oxygen atoms in total. The second-order valence-electron chi connectivity index (χ2n) is 9.59. The van der Waals surface area contributed by atoms with Gasteiger partial charge < -0.3 is 23.5 Å². The van der Waals surface area contributed by atoms with Gasteiger partial charge in [-0.1, -0.05) is 42.5 Å². The molecule has 1 aliphatic rings. The summed E-state index contributed by atoms with van der Waals surface area (Å²) in [7, 11) is 2.86. The minimum absolute atomic E-state index is 0.416. The summed E-state index contributed by atoms with van der Waals surface area (Å²) in [5.41, 5.74) is 3.29. The third-order valence-electron chi connectivity index (χ3n) is 6.71. The molecule has 3 aromatic rings. The molecule has 1 saturated heterocycles. The maximum Gasteiger partial charge on any atom is 0.495 e. The second kappa shape index (κ2) is 9.73. The summed E-state index contributed by atoms with van der Waals surface area (Å²) in [6.45, 7) is 8.72. The lowest BCUT2D eigenvalue weighted by atomic mass is 9.78. The van der Waals surface area contributed by atoms with Gasteiger partial charge in [-0.2, -0.15) is 0 Å². The molecule has 0 aromatic heterocycles. The third-order valence-corrected chi connectivity index (χ3v) is 6.71. The zero-order valence-electron chi connectivity index (χ0n) is 20.9. The highest BCUT2D eigenvalue weighted by atomic mass is 16.7. The van der Waals surface area contributed by atoms with E-state index in [4.69, 9.17) is 23.5 Å². The van der Waals surface area contributed by atoms with E-state index in [-0.39, 0.29) is 0 Å². The van der Waals surface area contributed by atoms with E-state index in [0.717, 1.165) is 39.4 Å². The Morgan fingerprint density at radius 1 is 0.735 bits per heavy atom. The lowest BCUT2D eigenvalue weighted by molar-refractivity contribution is 0.00578. The zero-order chi connectivity index (χ0) is 24.3. The van der Waals surface area contributed by atoms with Crippen LogP contribution in [-0.2, 0) is 22.3 Å². The van der Waals surface area contributed by atoms with Crippen molar-refractivity contribution in [3.05, 3.63) is 83.4 Å². The Labute approximate surface area is 203 Å². The van der Waals surface area contributed by atoms with Crippen molar-refractivity contribution in [3.8, 4) is 17.2 Å². The van der Waals surface area contributed by atoms with Gasteiger partial charge in [-0.3, -0.25) is 0 Å². The van der Waals surface area contributed by atoms with E-state index in [1.807, 2.05) is 70.2 Å². The highest BCUT2D eigenvalue weighted by Gasteiger charge is 2.52. The van der Waals surface area contributed by atoms with Gasteiger partial charge in [0.15, 0.2) is 0 Å². The van der Waals surface area contributed by atoms with Crippen LogP contribution in [0.25, 0.3) is 0 Å². The summed E-state index contributed by atoms with van der Waals surface area (Å²) in [5.74, 6) is 2.32. The summed E-state index contributed by atoms with van der Waals surface area (Å²) in [6.07, 6.45) is 0.662. The molecule has 0 bridgehead atoms. The van der Waals surface area contributed by atoms with Gasteiger partial charge in [-0.15, -0.1) is 0 Å². The first kappa shape index (κ1) is 24.2. The monoisotopic (exact) mass is 460 g/mol. The number of ether oxygens (including phenoxy) is 3. The number of hydrogen-bond donors (Lipinski definition) is 0. The Bertz CT molecular complexity index is 1070. The summed E-state index contributed by atoms with van der Waals surface area (Å²) in [6, 6.07) is 22.2. The van der Waals surface area contributed by atoms with E-state index in [2.05, 4.69) is 24.3 Å². The summed E-state index contributed by atoms with van der Waals surface area (Å²) in [5, 5.41) is 0. The number of benzene rings is 3. The van der Waals surface area contributed by atoms with Gasteiger partial charge in [-0.05, 0) is 68.6 Å². The standard InChI is InChI=1S/C28H33BO5/c1-27(2)28(3,4)34-29(33-27)22-17-25(30-5)24(26(18-22)31-6)16-20-12-14-23(15-13-20)32-19-21-10-8-7-9-11-21/h7-15,17-18H,16,19H2,1-6H3. The maximum atomic E-state index is 6.23. The largest absolute Gasteiger partial charge is 0.496 e. The molecule has 0 aliphatic carbocycles. The van der Waals surface area contributed by atoms with Crippen molar-refractivity contribution in [1.82, 2.24) is 0 Å². The molecule has 0 atom stereocenters. The summed E-state index contributed by atoms with van der Waals surface area (Å²) in [4.78, 5) is 0. The average Bonchev–Trinajstić information content (AvgIpc) is 3.06. The molecule has 1 fully saturated rings. The first-order valence-electron chi connectivity index (χ1n) is 11.6. The number of methoxy groups -OCH3 is 2. The van der Waals surface area contributed by atoms with Crippen molar-refractivity contribution in [2.24, 2.45) is 0 Å². The van der Waals surface area contributed by atoms with Crippen LogP contribution < -0.4 is 19.7 Å². The molecular weight excluding hydrogens is 427 g/mol. The zero-order valence-corrected chi connectivity index (χ0v) is 20.9. The first-order valence-corrected chi connectivity index (χ1v) is 11.6. The summed E-state index contributed by atoms with van der Waals surface area (Å²) < 4.78 is 29.9.